The molecule has 0 radical (unpaired) electrons. The van der Waals surface area contributed by atoms with Crippen molar-refractivity contribution in [2.75, 3.05) is 19.8 Å². The number of rotatable bonds is 6. The molecule has 0 saturated carbocycles. The third-order valence-corrected chi connectivity index (χ3v) is 3.38. The summed E-state index contributed by atoms with van der Waals surface area (Å²) in [6.07, 6.45) is 0.256. The molecule has 1 heterocycles. The molecule has 1 unspecified atom stereocenters. The summed E-state index contributed by atoms with van der Waals surface area (Å²) in [5, 5.41) is 6.22. The van der Waals surface area contributed by atoms with Crippen LogP contribution in [-0.4, -0.2) is 38.3 Å². The maximum atomic E-state index is 12.3. The Morgan fingerprint density at radius 1 is 1.55 bits per heavy atom. The molecule has 0 aliphatic carbocycles. The van der Waals surface area contributed by atoms with Crippen molar-refractivity contribution in [3.63, 3.8) is 0 Å². The van der Waals surface area contributed by atoms with E-state index in [-0.39, 0.29) is 30.7 Å². The summed E-state index contributed by atoms with van der Waals surface area (Å²) in [6.45, 7) is -1.05. The van der Waals surface area contributed by atoms with Crippen LogP contribution in [0, 0.1) is 0 Å². The molecule has 1 aliphatic rings. The van der Waals surface area contributed by atoms with Gasteiger partial charge in [-0.25, -0.2) is 0 Å². The summed E-state index contributed by atoms with van der Waals surface area (Å²) in [5.41, 5.74) is 0.397. The molecule has 0 bridgehead atoms. The normalized spacial score (nSPS) is 18.3. The molecule has 5 nitrogen and oxygen atoms in total. The predicted molar refractivity (Wildman–Crippen MR) is 77.2 cm³/mol. The first-order valence-corrected chi connectivity index (χ1v) is 7.23. The summed E-state index contributed by atoms with van der Waals surface area (Å²) in [7, 11) is 0. The van der Waals surface area contributed by atoms with Crippen molar-refractivity contribution >= 4 is 17.5 Å². The maximum absolute atomic E-state index is 12.3. The Bertz CT molecular complexity index is 511. The fourth-order valence-electron chi connectivity index (χ4n) is 2.14. The van der Waals surface area contributed by atoms with Crippen molar-refractivity contribution in [1.82, 2.24) is 10.6 Å². The summed E-state index contributed by atoms with van der Waals surface area (Å²) in [4.78, 5) is 11.9. The van der Waals surface area contributed by atoms with E-state index in [1.807, 2.05) is 0 Å². The molecule has 122 valence electrons. The first-order valence-electron chi connectivity index (χ1n) is 6.85. The van der Waals surface area contributed by atoms with Crippen molar-refractivity contribution < 1.29 is 23.0 Å². The molecule has 1 aliphatic heterocycles. The Kier molecular flexibility index (Phi) is 6.35. The predicted octanol–water partition coefficient (Wildman–Crippen LogP) is 1.94. The van der Waals surface area contributed by atoms with Crippen molar-refractivity contribution in [3.05, 3.63) is 28.8 Å². The van der Waals surface area contributed by atoms with Gasteiger partial charge in [0.15, 0.2) is 0 Å². The zero-order chi connectivity index (χ0) is 15.9. The molecule has 1 amide bonds. The van der Waals surface area contributed by atoms with Gasteiger partial charge in [0.2, 0.25) is 5.91 Å². The lowest BCUT2D eigenvalue weighted by Crippen LogP contribution is -2.44. The van der Waals surface area contributed by atoms with Crippen LogP contribution in [0.3, 0.4) is 0 Å². The lowest BCUT2D eigenvalue weighted by atomic mass is 10.1. The average Bonchev–Trinajstić information content (AvgIpc) is 2.48. The van der Waals surface area contributed by atoms with Crippen LogP contribution in [-0.2, 0) is 16.1 Å². The number of benzene rings is 1. The minimum Gasteiger partial charge on any atom is -0.434 e. The highest BCUT2D eigenvalue weighted by Gasteiger charge is 2.17. The van der Waals surface area contributed by atoms with Crippen LogP contribution in [0.2, 0.25) is 5.02 Å². The number of morpholine rings is 1. The SMILES string of the molecule is O=C(CC1COCCN1)NCc1cc(Cl)ccc1OC(F)F. The van der Waals surface area contributed by atoms with Gasteiger partial charge < -0.3 is 20.1 Å². The van der Waals surface area contributed by atoms with Gasteiger partial charge in [-0.15, -0.1) is 0 Å². The van der Waals surface area contributed by atoms with E-state index in [1.165, 1.54) is 18.2 Å². The quantitative estimate of drug-likeness (QED) is 0.834. The second-order valence-corrected chi connectivity index (χ2v) is 5.27. The average molecular weight is 335 g/mol. The molecule has 2 rings (SSSR count). The first kappa shape index (κ1) is 16.9. The standard InChI is InChI=1S/C14H17ClF2N2O3/c15-10-1-2-12(22-14(16)17)9(5-10)7-19-13(20)6-11-8-21-4-3-18-11/h1-2,5,11,14,18H,3-4,6-8H2,(H,19,20). The van der Waals surface area contributed by atoms with Gasteiger partial charge in [-0.3, -0.25) is 4.79 Å². The van der Waals surface area contributed by atoms with Gasteiger partial charge in [0.05, 0.1) is 13.2 Å². The number of alkyl halides is 2. The van der Waals surface area contributed by atoms with Crippen LogP contribution in [0.5, 0.6) is 5.75 Å². The van der Waals surface area contributed by atoms with Gasteiger partial charge in [-0.1, -0.05) is 11.6 Å². The lowest BCUT2D eigenvalue weighted by molar-refractivity contribution is -0.122. The number of halogens is 3. The molecule has 8 heteroatoms. The van der Waals surface area contributed by atoms with Crippen LogP contribution in [0.1, 0.15) is 12.0 Å². The second-order valence-electron chi connectivity index (χ2n) is 4.84. The van der Waals surface area contributed by atoms with Gasteiger partial charge in [0, 0.05) is 36.1 Å². The van der Waals surface area contributed by atoms with E-state index in [2.05, 4.69) is 15.4 Å². The van der Waals surface area contributed by atoms with Crippen molar-refractivity contribution in [2.45, 2.75) is 25.6 Å². The monoisotopic (exact) mass is 334 g/mol. The van der Waals surface area contributed by atoms with Crippen molar-refractivity contribution in [1.29, 1.82) is 0 Å². The molecule has 2 N–H and O–H groups in total. The number of carbonyl (C=O) groups excluding carboxylic acids is 1. The fraction of sp³-hybridized carbons (Fsp3) is 0.500. The van der Waals surface area contributed by atoms with E-state index >= 15 is 0 Å². The van der Waals surface area contributed by atoms with E-state index in [0.29, 0.717) is 30.3 Å². The minimum atomic E-state index is -2.93. The summed E-state index contributed by atoms with van der Waals surface area (Å²) in [6, 6.07) is 4.26. The largest absolute Gasteiger partial charge is 0.434 e. The van der Waals surface area contributed by atoms with E-state index in [9.17, 15) is 13.6 Å². The number of amides is 1. The van der Waals surface area contributed by atoms with E-state index in [1.54, 1.807) is 0 Å². The molecule has 22 heavy (non-hydrogen) atoms. The summed E-state index contributed by atoms with van der Waals surface area (Å²) >= 11 is 5.84. The molecule has 1 aromatic rings. The topological polar surface area (TPSA) is 59.6 Å². The Labute approximate surface area is 131 Å². The van der Waals surface area contributed by atoms with Crippen LogP contribution in [0.25, 0.3) is 0 Å². The zero-order valence-electron chi connectivity index (χ0n) is 11.8. The molecule has 1 atom stereocenters. The molecular weight excluding hydrogens is 318 g/mol. The van der Waals surface area contributed by atoms with Gasteiger partial charge in [0.25, 0.3) is 0 Å². The number of nitrogens with one attached hydrogen (secondary N) is 2. The van der Waals surface area contributed by atoms with Crippen LogP contribution in [0.15, 0.2) is 18.2 Å². The first-order chi connectivity index (χ1) is 10.5. The highest BCUT2D eigenvalue weighted by molar-refractivity contribution is 6.30. The summed E-state index contributed by atoms with van der Waals surface area (Å²) in [5.74, 6) is -0.204. The lowest BCUT2D eigenvalue weighted by Gasteiger charge is -2.23. The van der Waals surface area contributed by atoms with Crippen LogP contribution < -0.4 is 15.4 Å². The molecule has 1 aromatic carbocycles. The molecule has 0 aromatic heterocycles. The Morgan fingerprint density at radius 3 is 3.05 bits per heavy atom. The third kappa shape index (κ3) is 5.40. The van der Waals surface area contributed by atoms with Gasteiger partial charge in [-0.05, 0) is 18.2 Å². The molecule has 0 spiro atoms. The highest BCUT2D eigenvalue weighted by atomic mass is 35.5. The van der Waals surface area contributed by atoms with E-state index in [4.69, 9.17) is 16.3 Å². The third-order valence-electron chi connectivity index (χ3n) is 3.14. The van der Waals surface area contributed by atoms with Crippen LogP contribution in [0.4, 0.5) is 8.78 Å². The molecule has 1 fully saturated rings. The van der Waals surface area contributed by atoms with E-state index in [0.717, 1.165) is 0 Å². The number of carbonyl (C=O) groups is 1. The van der Waals surface area contributed by atoms with Crippen molar-refractivity contribution in [3.8, 4) is 5.75 Å². The Morgan fingerprint density at radius 2 is 2.36 bits per heavy atom. The zero-order valence-corrected chi connectivity index (χ0v) is 12.5. The number of ether oxygens (including phenoxy) is 2. The van der Waals surface area contributed by atoms with Gasteiger partial charge in [-0.2, -0.15) is 8.78 Å². The number of hydrogen-bond donors (Lipinski definition) is 2. The van der Waals surface area contributed by atoms with Crippen molar-refractivity contribution in [2.24, 2.45) is 0 Å². The smallest absolute Gasteiger partial charge is 0.387 e. The highest BCUT2D eigenvalue weighted by Crippen LogP contribution is 2.24. The minimum absolute atomic E-state index is 0.00109. The molecule has 1 saturated heterocycles. The summed E-state index contributed by atoms with van der Waals surface area (Å²) < 4.78 is 34.4. The molecular formula is C14H17ClF2N2O3. The Balaban J connectivity index is 1.89. The Hall–Kier alpha value is -1.44. The fourth-order valence-corrected chi connectivity index (χ4v) is 2.33. The van der Waals surface area contributed by atoms with Gasteiger partial charge >= 0.3 is 6.61 Å². The maximum Gasteiger partial charge on any atom is 0.387 e. The van der Waals surface area contributed by atoms with E-state index < -0.39 is 6.61 Å². The van der Waals surface area contributed by atoms with Gasteiger partial charge in [0.1, 0.15) is 5.75 Å². The number of hydrogen-bond acceptors (Lipinski definition) is 4. The van der Waals surface area contributed by atoms with Crippen LogP contribution >= 0.6 is 11.6 Å². The second kappa shape index (κ2) is 8.26.